The van der Waals surface area contributed by atoms with Gasteiger partial charge >= 0.3 is 0 Å². The molecule has 1 atom stereocenters. The van der Waals surface area contributed by atoms with Gasteiger partial charge in [0.1, 0.15) is 0 Å². The number of ketones is 1. The van der Waals surface area contributed by atoms with Crippen LogP contribution < -0.4 is 5.32 Å². The van der Waals surface area contributed by atoms with Crippen molar-refractivity contribution in [3.8, 4) is 0 Å². The maximum Gasteiger partial charge on any atom is 0.224 e. The molecular weight excluding hydrogens is 262 g/mol. The number of carbonyl (C=O) groups excluding carboxylic acids is 2. The Bertz CT molecular complexity index is 617. The van der Waals surface area contributed by atoms with Crippen molar-refractivity contribution in [3.05, 3.63) is 65.7 Å². The van der Waals surface area contributed by atoms with E-state index in [0.29, 0.717) is 17.7 Å². The first-order chi connectivity index (χ1) is 10.1. The van der Waals surface area contributed by atoms with Crippen LogP contribution in [0.2, 0.25) is 0 Å². The van der Waals surface area contributed by atoms with E-state index >= 15 is 0 Å². The lowest BCUT2D eigenvalue weighted by atomic mass is 9.97. The fraction of sp³-hybridized carbons (Fsp3) is 0.222. The molecule has 0 aromatic heterocycles. The average molecular weight is 281 g/mol. The number of rotatable bonds is 5. The van der Waals surface area contributed by atoms with Crippen molar-refractivity contribution in [1.29, 1.82) is 0 Å². The minimum atomic E-state index is -0.0260. The summed E-state index contributed by atoms with van der Waals surface area (Å²) in [4.78, 5) is 23.2. The van der Waals surface area contributed by atoms with Crippen molar-refractivity contribution in [1.82, 2.24) is 0 Å². The number of amides is 1. The highest BCUT2D eigenvalue weighted by Crippen LogP contribution is 2.19. The summed E-state index contributed by atoms with van der Waals surface area (Å²) in [6.07, 6.45) is 0.429. The number of carbonyl (C=O) groups is 2. The molecule has 1 unspecified atom stereocenters. The van der Waals surface area contributed by atoms with Gasteiger partial charge in [-0.25, -0.2) is 0 Å². The maximum absolute atomic E-state index is 12.0. The van der Waals surface area contributed by atoms with Crippen LogP contribution in [0.25, 0.3) is 0 Å². The van der Waals surface area contributed by atoms with Crippen LogP contribution in [0.1, 0.15) is 42.1 Å². The predicted molar refractivity (Wildman–Crippen MR) is 84.6 cm³/mol. The number of anilines is 1. The molecule has 3 nitrogen and oxygen atoms in total. The first-order valence-corrected chi connectivity index (χ1v) is 7.02. The largest absolute Gasteiger partial charge is 0.326 e. The Morgan fingerprint density at radius 3 is 2.19 bits per heavy atom. The van der Waals surface area contributed by atoms with E-state index in [1.165, 1.54) is 6.92 Å². The van der Waals surface area contributed by atoms with E-state index < -0.39 is 0 Å². The summed E-state index contributed by atoms with van der Waals surface area (Å²) in [6, 6.07) is 16.9. The summed E-state index contributed by atoms with van der Waals surface area (Å²) < 4.78 is 0. The fourth-order valence-corrected chi connectivity index (χ4v) is 2.18. The second-order valence-corrected chi connectivity index (χ2v) is 5.20. The molecule has 0 heterocycles. The number of benzene rings is 2. The lowest BCUT2D eigenvalue weighted by Gasteiger charge is -2.12. The molecule has 1 amide bonds. The fourth-order valence-electron chi connectivity index (χ4n) is 2.18. The molecule has 0 aliphatic rings. The highest BCUT2D eigenvalue weighted by molar-refractivity contribution is 5.95. The highest BCUT2D eigenvalue weighted by Gasteiger charge is 2.11. The van der Waals surface area contributed by atoms with Crippen molar-refractivity contribution in [2.24, 2.45) is 0 Å². The molecular formula is C18H19NO2. The third-order valence-electron chi connectivity index (χ3n) is 3.44. The van der Waals surface area contributed by atoms with Crippen molar-refractivity contribution < 1.29 is 9.59 Å². The summed E-state index contributed by atoms with van der Waals surface area (Å²) in [5, 5.41) is 2.86. The van der Waals surface area contributed by atoms with E-state index in [1.807, 2.05) is 37.3 Å². The third-order valence-corrected chi connectivity index (χ3v) is 3.44. The first kappa shape index (κ1) is 15.0. The van der Waals surface area contributed by atoms with Crippen LogP contribution in [0.3, 0.4) is 0 Å². The van der Waals surface area contributed by atoms with Gasteiger partial charge in [0.2, 0.25) is 5.91 Å². The van der Waals surface area contributed by atoms with Gasteiger partial charge in [-0.15, -0.1) is 0 Å². The zero-order valence-electron chi connectivity index (χ0n) is 12.3. The molecule has 0 bridgehead atoms. The van der Waals surface area contributed by atoms with Gasteiger partial charge in [0.15, 0.2) is 5.78 Å². The molecule has 0 aliphatic carbocycles. The van der Waals surface area contributed by atoms with Gasteiger partial charge in [-0.1, -0.05) is 37.3 Å². The molecule has 0 fully saturated rings. The predicted octanol–water partition coefficient (Wildman–Crippen LogP) is 4.02. The van der Waals surface area contributed by atoms with Gasteiger partial charge in [-0.2, -0.15) is 0 Å². The molecule has 2 aromatic carbocycles. The zero-order valence-corrected chi connectivity index (χ0v) is 12.3. The Hall–Kier alpha value is -2.42. The molecule has 0 saturated heterocycles. The number of hydrogen-bond acceptors (Lipinski definition) is 2. The summed E-state index contributed by atoms with van der Waals surface area (Å²) >= 11 is 0. The lowest BCUT2D eigenvalue weighted by Crippen LogP contribution is -2.14. The molecule has 21 heavy (non-hydrogen) atoms. The average Bonchev–Trinajstić information content (AvgIpc) is 2.48. The van der Waals surface area contributed by atoms with Crippen molar-refractivity contribution in [2.45, 2.75) is 26.2 Å². The molecule has 0 saturated carbocycles. The van der Waals surface area contributed by atoms with Crippen LogP contribution in [0.4, 0.5) is 5.69 Å². The van der Waals surface area contributed by atoms with Gasteiger partial charge in [-0.05, 0) is 42.7 Å². The van der Waals surface area contributed by atoms with E-state index in [9.17, 15) is 9.59 Å². The van der Waals surface area contributed by atoms with Crippen LogP contribution in [0, 0.1) is 0 Å². The minimum Gasteiger partial charge on any atom is -0.326 e. The Balaban J connectivity index is 1.94. The lowest BCUT2D eigenvalue weighted by molar-refractivity contribution is -0.116. The first-order valence-electron chi connectivity index (χ1n) is 7.02. The molecule has 1 N–H and O–H groups in total. The standard InChI is InChI=1S/C18H19NO2/c1-13(15-6-4-3-5-7-15)12-18(21)19-17-10-8-16(9-11-17)14(2)20/h3-11,13H,12H2,1-2H3,(H,19,21). The highest BCUT2D eigenvalue weighted by atomic mass is 16.1. The van der Waals surface area contributed by atoms with Gasteiger partial charge in [0, 0.05) is 17.7 Å². The van der Waals surface area contributed by atoms with E-state index in [0.717, 1.165) is 5.56 Å². The van der Waals surface area contributed by atoms with Crippen LogP contribution in [-0.2, 0) is 4.79 Å². The molecule has 108 valence electrons. The quantitative estimate of drug-likeness (QED) is 0.841. The van der Waals surface area contributed by atoms with Gasteiger partial charge < -0.3 is 5.32 Å². The number of hydrogen-bond donors (Lipinski definition) is 1. The van der Waals surface area contributed by atoms with Crippen LogP contribution >= 0.6 is 0 Å². The van der Waals surface area contributed by atoms with Gasteiger partial charge in [0.25, 0.3) is 0 Å². The zero-order chi connectivity index (χ0) is 15.2. The monoisotopic (exact) mass is 281 g/mol. The molecule has 0 spiro atoms. The van der Waals surface area contributed by atoms with Crippen molar-refractivity contribution in [3.63, 3.8) is 0 Å². The molecule has 3 heteroatoms. The van der Waals surface area contributed by atoms with E-state index in [-0.39, 0.29) is 17.6 Å². The summed E-state index contributed by atoms with van der Waals surface area (Å²) in [5.74, 6) is 0.162. The van der Waals surface area contributed by atoms with Crippen LogP contribution in [0.15, 0.2) is 54.6 Å². The topological polar surface area (TPSA) is 46.2 Å². The van der Waals surface area contributed by atoms with Crippen molar-refractivity contribution >= 4 is 17.4 Å². The van der Waals surface area contributed by atoms with Crippen LogP contribution in [-0.4, -0.2) is 11.7 Å². The molecule has 0 aliphatic heterocycles. The van der Waals surface area contributed by atoms with Crippen molar-refractivity contribution in [2.75, 3.05) is 5.32 Å². The van der Waals surface area contributed by atoms with Gasteiger partial charge in [-0.3, -0.25) is 9.59 Å². The Morgan fingerprint density at radius 1 is 1.00 bits per heavy atom. The second kappa shape index (κ2) is 6.84. The van der Waals surface area contributed by atoms with Crippen LogP contribution in [0.5, 0.6) is 0 Å². The third kappa shape index (κ3) is 4.28. The van der Waals surface area contributed by atoms with E-state index in [4.69, 9.17) is 0 Å². The Labute approximate surface area is 125 Å². The Morgan fingerprint density at radius 2 is 1.62 bits per heavy atom. The normalized spacial score (nSPS) is 11.7. The SMILES string of the molecule is CC(=O)c1ccc(NC(=O)CC(C)c2ccccc2)cc1. The molecule has 2 aromatic rings. The summed E-state index contributed by atoms with van der Waals surface area (Å²) in [5.41, 5.74) is 2.51. The van der Waals surface area contributed by atoms with E-state index in [1.54, 1.807) is 24.3 Å². The second-order valence-electron chi connectivity index (χ2n) is 5.20. The van der Waals surface area contributed by atoms with Gasteiger partial charge in [0.05, 0.1) is 0 Å². The molecule has 0 radical (unpaired) electrons. The smallest absolute Gasteiger partial charge is 0.224 e. The number of nitrogens with one attached hydrogen (secondary N) is 1. The minimum absolute atomic E-state index is 0.0191. The number of Topliss-reactive ketones (excluding diaryl/α,β-unsaturated/α-hetero) is 1. The Kier molecular flexibility index (Phi) is 4.88. The summed E-state index contributed by atoms with van der Waals surface area (Å²) in [6.45, 7) is 3.56. The molecule has 2 rings (SSSR count). The summed E-state index contributed by atoms with van der Waals surface area (Å²) in [7, 11) is 0. The maximum atomic E-state index is 12.0. The van der Waals surface area contributed by atoms with E-state index in [2.05, 4.69) is 5.32 Å².